The van der Waals surface area contributed by atoms with Gasteiger partial charge in [0.15, 0.2) is 0 Å². The van der Waals surface area contributed by atoms with Crippen molar-refractivity contribution in [1.82, 2.24) is 5.32 Å². The average molecular weight is 342 g/mol. The summed E-state index contributed by atoms with van der Waals surface area (Å²) in [5.74, 6) is -0.311. The maximum atomic E-state index is 12.4. The van der Waals surface area contributed by atoms with Crippen LogP contribution in [0.4, 0.5) is 0 Å². The van der Waals surface area contributed by atoms with E-state index < -0.39 is 11.5 Å². The molecule has 5 nitrogen and oxygen atoms in total. The standard InChI is InChI=1S/C17H22ClNO4.H2/c1-11-6-8-17(9-7-11,16(21)22)19-15(20)10-12-13(18)4-3-5-14(12)23-2;/h3-5,11H,6-10H2,1-2H3,(H,19,20)(H,21,22);1H. The molecule has 1 aliphatic rings. The molecule has 2 N–H and O–H groups in total. The zero-order valence-electron chi connectivity index (χ0n) is 13.4. The number of carboxylic acid groups (broad SMARTS) is 1. The Morgan fingerprint density at radius 1 is 1.43 bits per heavy atom. The Hall–Kier alpha value is -1.75. The SMILES string of the molecule is COc1cccc(Cl)c1CC(=O)NC1(C(=O)O)CCC(C)CC1.[HH]. The molecule has 0 atom stereocenters. The maximum Gasteiger partial charge on any atom is 0.329 e. The van der Waals surface area contributed by atoms with Gasteiger partial charge in [-0.25, -0.2) is 4.79 Å². The second kappa shape index (κ2) is 7.21. The lowest BCUT2D eigenvalue weighted by molar-refractivity contribution is -0.149. The number of nitrogens with one attached hydrogen (secondary N) is 1. The monoisotopic (exact) mass is 341 g/mol. The topological polar surface area (TPSA) is 75.6 Å². The summed E-state index contributed by atoms with van der Waals surface area (Å²) in [4.78, 5) is 24.1. The van der Waals surface area contributed by atoms with Crippen LogP contribution in [0.25, 0.3) is 0 Å². The number of carbonyl (C=O) groups is 2. The molecule has 2 rings (SSSR count). The predicted molar refractivity (Wildman–Crippen MR) is 90.0 cm³/mol. The van der Waals surface area contributed by atoms with Crippen LogP contribution in [0.5, 0.6) is 5.75 Å². The quantitative estimate of drug-likeness (QED) is 0.861. The van der Waals surface area contributed by atoms with Crippen molar-refractivity contribution >= 4 is 23.5 Å². The molecule has 1 saturated carbocycles. The van der Waals surface area contributed by atoms with Gasteiger partial charge in [-0.1, -0.05) is 24.6 Å². The van der Waals surface area contributed by atoms with Crippen LogP contribution in [0.1, 0.15) is 39.6 Å². The fourth-order valence-corrected chi connectivity index (χ4v) is 3.25. The highest BCUT2D eigenvalue weighted by Gasteiger charge is 2.42. The minimum Gasteiger partial charge on any atom is -0.496 e. The molecule has 1 aromatic carbocycles. The van der Waals surface area contributed by atoms with E-state index >= 15 is 0 Å². The number of hydrogen-bond acceptors (Lipinski definition) is 3. The number of aliphatic carboxylic acids is 1. The van der Waals surface area contributed by atoms with E-state index in [4.69, 9.17) is 16.3 Å². The molecule has 0 radical (unpaired) electrons. The van der Waals surface area contributed by atoms with E-state index in [0.717, 1.165) is 12.8 Å². The molecule has 1 aliphatic carbocycles. The van der Waals surface area contributed by atoms with Crippen LogP contribution in [0.2, 0.25) is 5.02 Å². The molecule has 6 heteroatoms. The maximum absolute atomic E-state index is 12.4. The van der Waals surface area contributed by atoms with E-state index in [2.05, 4.69) is 12.2 Å². The average Bonchev–Trinajstić information content (AvgIpc) is 2.51. The normalized spacial score (nSPS) is 24.0. The number of hydrogen-bond donors (Lipinski definition) is 2. The van der Waals surface area contributed by atoms with Gasteiger partial charge in [-0.05, 0) is 43.7 Å². The molecule has 23 heavy (non-hydrogen) atoms. The number of rotatable bonds is 5. The highest BCUT2D eigenvalue weighted by Crippen LogP contribution is 2.33. The first-order valence-corrected chi connectivity index (χ1v) is 8.11. The molecule has 128 valence electrons. The molecule has 0 unspecified atom stereocenters. The van der Waals surface area contributed by atoms with Crippen molar-refractivity contribution in [2.24, 2.45) is 5.92 Å². The zero-order valence-corrected chi connectivity index (χ0v) is 14.2. The molecule has 1 aromatic rings. The van der Waals surface area contributed by atoms with Gasteiger partial charge in [-0.3, -0.25) is 4.79 Å². The Morgan fingerprint density at radius 3 is 2.65 bits per heavy atom. The number of ether oxygens (including phenoxy) is 1. The lowest BCUT2D eigenvalue weighted by Gasteiger charge is -2.36. The van der Waals surface area contributed by atoms with Crippen LogP contribution in [-0.4, -0.2) is 29.6 Å². The predicted octanol–water partition coefficient (Wildman–Crippen LogP) is 3.29. The van der Waals surface area contributed by atoms with Gasteiger partial charge in [0.1, 0.15) is 11.3 Å². The molecule has 0 aliphatic heterocycles. The smallest absolute Gasteiger partial charge is 0.329 e. The number of halogens is 1. The van der Waals surface area contributed by atoms with Crippen LogP contribution >= 0.6 is 11.6 Å². The lowest BCUT2D eigenvalue weighted by Crippen LogP contribution is -2.56. The van der Waals surface area contributed by atoms with E-state index in [1.54, 1.807) is 18.2 Å². The third kappa shape index (κ3) is 3.96. The minimum atomic E-state index is -1.17. The summed E-state index contributed by atoms with van der Waals surface area (Å²) in [5.41, 5.74) is -0.600. The van der Waals surface area contributed by atoms with E-state index in [1.807, 2.05) is 0 Å². The number of benzene rings is 1. The number of methoxy groups -OCH3 is 1. The molecular formula is C17H24ClNO4. The Morgan fingerprint density at radius 2 is 2.09 bits per heavy atom. The third-order valence-electron chi connectivity index (χ3n) is 4.55. The molecule has 0 aromatic heterocycles. The fourth-order valence-electron chi connectivity index (χ4n) is 3.02. The van der Waals surface area contributed by atoms with Gasteiger partial charge >= 0.3 is 5.97 Å². The van der Waals surface area contributed by atoms with Gasteiger partial charge < -0.3 is 15.2 Å². The number of carboxylic acids is 1. The third-order valence-corrected chi connectivity index (χ3v) is 4.90. The number of amides is 1. The van der Waals surface area contributed by atoms with Gasteiger partial charge in [-0.15, -0.1) is 0 Å². The van der Waals surface area contributed by atoms with Crippen LogP contribution in [0.3, 0.4) is 0 Å². The molecule has 0 saturated heterocycles. The summed E-state index contributed by atoms with van der Waals surface area (Å²) < 4.78 is 5.22. The fraction of sp³-hybridized carbons (Fsp3) is 0.529. The van der Waals surface area contributed by atoms with Gasteiger partial charge in [0.25, 0.3) is 0 Å². The van der Waals surface area contributed by atoms with Crippen LogP contribution in [-0.2, 0) is 16.0 Å². The van der Waals surface area contributed by atoms with E-state index in [1.165, 1.54) is 7.11 Å². The Kier molecular flexibility index (Phi) is 5.52. The second-order valence-electron chi connectivity index (χ2n) is 6.22. The van der Waals surface area contributed by atoms with Crippen molar-refractivity contribution < 1.29 is 20.9 Å². The van der Waals surface area contributed by atoms with E-state index in [9.17, 15) is 14.7 Å². The number of carbonyl (C=O) groups excluding carboxylic acids is 1. The zero-order chi connectivity index (χ0) is 17.0. The molecule has 0 heterocycles. The van der Waals surface area contributed by atoms with Gasteiger partial charge in [0, 0.05) is 12.0 Å². The minimum absolute atomic E-state index is 0. The van der Waals surface area contributed by atoms with Crippen molar-refractivity contribution in [2.45, 2.75) is 44.6 Å². The highest BCUT2D eigenvalue weighted by atomic mass is 35.5. The molecule has 0 spiro atoms. The summed E-state index contributed by atoms with van der Waals surface area (Å²) in [5, 5.41) is 12.7. The van der Waals surface area contributed by atoms with E-state index in [0.29, 0.717) is 35.1 Å². The van der Waals surface area contributed by atoms with Crippen LogP contribution < -0.4 is 10.1 Å². The van der Waals surface area contributed by atoms with Gasteiger partial charge in [-0.2, -0.15) is 0 Å². The van der Waals surface area contributed by atoms with Crippen LogP contribution in [0.15, 0.2) is 18.2 Å². The van der Waals surface area contributed by atoms with E-state index in [-0.39, 0.29) is 13.8 Å². The summed E-state index contributed by atoms with van der Waals surface area (Å²) in [7, 11) is 1.51. The van der Waals surface area contributed by atoms with Crippen molar-refractivity contribution in [3.8, 4) is 5.75 Å². The first kappa shape index (κ1) is 17.6. The van der Waals surface area contributed by atoms with Crippen molar-refractivity contribution in [2.75, 3.05) is 7.11 Å². The van der Waals surface area contributed by atoms with Crippen molar-refractivity contribution in [1.29, 1.82) is 0 Å². The Bertz CT molecular complexity index is 600. The largest absolute Gasteiger partial charge is 0.496 e. The summed E-state index contributed by atoms with van der Waals surface area (Å²) >= 11 is 6.14. The first-order chi connectivity index (χ1) is 10.9. The molecule has 1 fully saturated rings. The van der Waals surface area contributed by atoms with Gasteiger partial charge in [0.05, 0.1) is 13.5 Å². The summed E-state index contributed by atoms with van der Waals surface area (Å²) in [6.45, 7) is 2.10. The van der Waals surface area contributed by atoms with Gasteiger partial charge in [0.2, 0.25) is 5.91 Å². The Labute approximate surface area is 142 Å². The van der Waals surface area contributed by atoms with Crippen LogP contribution in [0, 0.1) is 5.92 Å². The Balaban J connectivity index is 0.00000288. The summed E-state index contributed by atoms with van der Waals surface area (Å²) in [6.07, 6.45) is 2.49. The lowest BCUT2D eigenvalue weighted by atomic mass is 9.77. The first-order valence-electron chi connectivity index (χ1n) is 7.74. The van der Waals surface area contributed by atoms with Crippen molar-refractivity contribution in [3.63, 3.8) is 0 Å². The molecule has 1 amide bonds. The second-order valence-corrected chi connectivity index (χ2v) is 6.62. The summed E-state index contributed by atoms with van der Waals surface area (Å²) in [6, 6.07) is 5.15. The highest BCUT2D eigenvalue weighted by molar-refractivity contribution is 6.31. The van der Waals surface area contributed by atoms with Crippen molar-refractivity contribution in [3.05, 3.63) is 28.8 Å². The molecular weight excluding hydrogens is 318 g/mol. The molecule has 0 bridgehead atoms.